The Labute approximate surface area is 165 Å². The minimum atomic E-state index is -1.26. The van der Waals surface area contributed by atoms with Gasteiger partial charge in [0.25, 0.3) is 0 Å². The first-order valence-corrected chi connectivity index (χ1v) is 8.38. The van der Waals surface area contributed by atoms with Gasteiger partial charge in [-0.3, -0.25) is 4.79 Å². The van der Waals surface area contributed by atoms with Crippen molar-refractivity contribution in [2.24, 2.45) is 11.8 Å². The van der Waals surface area contributed by atoms with Gasteiger partial charge in [0.2, 0.25) is 5.91 Å². The molecule has 2 fully saturated rings. The zero-order chi connectivity index (χ0) is 16.2. The molecule has 0 unspecified atom stereocenters. The molecule has 1 aliphatic carbocycles. The molecule has 3 rings (SSSR count). The van der Waals surface area contributed by atoms with Crippen LogP contribution in [0.1, 0.15) is 37.7 Å². The van der Waals surface area contributed by atoms with Crippen LogP contribution >= 0.6 is 0 Å². The third-order valence-corrected chi connectivity index (χ3v) is 5.07. The Morgan fingerprint density at radius 2 is 1.67 bits per heavy atom. The summed E-state index contributed by atoms with van der Waals surface area (Å²) < 4.78 is 0. The van der Waals surface area contributed by atoms with E-state index in [9.17, 15) is 14.7 Å². The SMILES string of the molecule is O=C([O-])/C(=C/c1ccccc1)CC(=O)N1C[C@H]2CCCC[C@H]2C1.[Na+]. The first-order chi connectivity index (χ1) is 11.1. The number of likely N-dealkylation sites (tertiary alicyclic amines) is 1. The van der Waals surface area contributed by atoms with Gasteiger partial charge in [0, 0.05) is 13.1 Å². The third-order valence-electron chi connectivity index (χ3n) is 5.07. The molecule has 5 heteroatoms. The summed E-state index contributed by atoms with van der Waals surface area (Å²) in [5.74, 6) is -0.140. The largest absolute Gasteiger partial charge is 1.00 e. The molecule has 0 aromatic heterocycles. The fraction of sp³-hybridized carbons (Fsp3) is 0.474. The molecule has 2 atom stereocenters. The molecule has 24 heavy (non-hydrogen) atoms. The summed E-state index contributed by atoms with van der Waals surface area (Å²) in [5, 5.41) is 11.4. The van der Waals surface area contributed by atoms with E-state index in [1.54, 1.807) is 0 Å². The molecule has 2 aliphatic rings. The molecule has 0 bridgehead atoms. The van der Waals surface area contributed by atoms with Gasteiger partial charge in [0.05, 0.1) is 12.4 Å². The second-order valence-electron chi connectivity index (χ2n) is 6.65. The summed E-state index contributed by atoms with van der Waals surface area (Å²) in [6.45, 7) is 1.57. The predicted octanol–water partition coefficient (Wildman–Crippen LogP) is -1.14. The maximum Gasteiger partial charge on any atom is 1.00 e. The van der Waals surface area contributed by atoms with Crippen molar-refractivity contribution >= 4 is 18.0 Å². The van der Waals surface area contributed by atoms with E-state index in [-0.39, 0.29) is 47.5 Å². The second-order valence-corrected chi connectivity index (χ2v) is 6.65. The fourth-order valence-corrected chi connectivity index (χ4v) is 3.82. The minimum Gasteiger partial charge on any atom is -0.545 e. The van der Waals surface area contributed by atoms with E-state index >= 15 is 0 Å². The van der Waals surface area contributed by atoms with Crippen LogP contribution in [0.2, 0.25) is 0 Å². The van der Waals surface area contributed by atoms with Crippen molar-refractivity contribution in [2.75, 3.05) is 13.1 Å². The van der Waals surface area contributed by atoms with Crippen molar-refractivity contribution < 1.29 is 44.3 Å². The molecular formula is C19H22NNaO3. The second kappa shape index (κ2) is 8.84. The number of carbonyl (C=O) groups excluding carboxylic acids is 2. The Hall–Kier alpha value is -1.10. The Morgan fingerprint density at radius 3 is 2.21 bits per heavy atom. The number of fused-ring (bicyclic) bond motifs is 1. The number of carbonyl (C=O) groups is 2. The quantitative estimate of drug-likeness (QED) is 0.516. The van der Waals surface area contributed by atoms with E-state index in [4.69, 9.17) is 0 Å². The number of amides is 1. The van der Waals surface area contributed by atoms with E-state index in [2.05, 4.69) is 0 Å². The molecule has 122 valence electrons. The van der Waals surface area contributed by atoms with Gasteiger partial charge in [-0.1, -0.05) is 43.2 Å². The van der Waals surface area contributed by atoms with Crippen LogP contribution in [0.25, 0.3) is 6.08 Å². The van der Waals surface area contributed by atoms with E-state index < -0.39 is 5.97 Å². The van der Waals surface area contributed by atoms with E-state index in [1.165, 1.54) is 31.8 Å². The number of carboxylic acids is 1. The molecule has 0 N–H and O–H groups in total. The van der Waals surface area contributed by atoms with Gasteiger partial charge in [0.1, 0.15) is 0 Å². The average molecular weight is 335 g/mol. The summed E-state index contributed by atoms with van der Waals surface area (Å²) in [6.07, 6.45) is 6.35. The summed E-state index contributed by atoms with van der Waals surface area (Å²) in [7, 11) is 0. The first-order valence-electron chi connectivity index (χ1n) is 8.38. The van der Waals surface area contributed by atoms with Crippen LogP contribution in [0.4, 0.5) is 0 Å². The smallest absolute Gasteiger partial charge is 0.545 e. The molecule has 1 saturated heterocycles. The van der Waals surface area contributed by atoms with E-state index in [0.29, 0.717) is 11.8 Å². The number of hydrogen-bond acceptors (Lipinski definition) is 3. The maximum atomic E-state index is 12.5. The zero-order valence-electron chi connectivity index (χ0n) is 14.2. The number of rotatable bonds is 4. The predicted molar refractivity (Wildman–Crippen MR) is 86.1 cm³/mol. The number of benzene rings is 1. The van der Waals surface area contributed by atoms with Crippen molar-refractivity contribution in [1.82, 2.24) is 4.90 Å². The molecule has 1 heterocycles. The molecule has 1 amide bonds. The van der Waals surface area contributed by atoms with Crippen LogP contribution in [0, 0.1) is 11.8 Å². The molecule has 1 aromatic rings. The summed E-state index contributed by atoms with van der Waals surface area (Å²) >= 11 is 0. The van der Waals surface area contributed by atoms with Crippen molar-refractivity contribution in [3.63, 3.8) is 0 Å². The normalized spacial score (nSPS) is 23.3. The molecular weight excluding hydrogens is 313 g/mol. The summed E-state index contributed by atoms with van der Waals surface area (Å²) in [6, 6.07) is 9.18. The Kier molecular flexibility index (Phi) is 7.08. The summed E-state index contributed by atoms with van der Waals surface area (Å²) in [4.78, 5) is 25.7. The standard InChI is InChI=1S/C19H23NO3.Na/c21-18(20-12-15-8-4-5-9-16(15)13-20)11-17(19(22)23)10-14-6-2-1-3-7-14;/h1-3,6-7,10,15-16H,4-5,8-9,11-13H2,(H,22,23);/q;+1/p-1/b17-10+;/t15-,16+;. The van der Waals surface area contributed by atoms with Crippen molar-refractivity contribution in [2.45, 2.75) is 32.1 Å². The van der Waals surface area contributed by atoms with Crippen LogP contribution < -0.4 is 34.7 Å². The fourth-order valence-electron chi connectivity index (χ4n) is 3.82. The Morgan fingerprint density at radius 1 is 1.08 bits per heavy atom. The van der Waals surface area contributed by atoms with Crippen LogP contribution in [-0.2, 0) is 9.59 Å². The maximum absolute atomic E-state index is 12.5. The summed E-state index contributed by atoms with van der Waals surface area (Å²) in [5.41, 5.74) is 0.825. The van der Waals surface area contributed by atoms with Gasteiger partial charge in [-0.05, 0) is 41.9 Å². The van der Waals surface area contributed by atoms with Crippen molar-refractivity contribution in [1.29, 1.82) is 0 Å². The van der Waals surface area contributed by atoms with Crippen LogP contribution in [0.5, 0.6) is 0 Å². The Bertz CT molecular complexity index is 600. The van der Waals surface area contributed by atoms with E-state index in [0.717, 1.165) is 18.7 Å². The average Bonchev–Trinajstić information content (AvgIpc) is 2.99. The van der Waals surface area contributed by atoms with Gasteiger partial charge < -0.3 is 14.8 Å². The van der Waals surface area contributed by atoms with Gasteiger partial charge in [0.15, 0.2) is 0 Å². The van der Waals surface area contributed by atoms with Gasteiger partial charge in [-0.25, -0.2) is 0 Å². The Balaban J connectivity index is 0.00000208. The van der Waals surface area contributed by atoms with Crippen LogP contribution in [0.15, 0.2) is 35.9 Å². The molecule has 0 radical (unpaired) electrons. The zero-order valence-corrected chi connectivity index (χ0v) is 16.2. The third kappa shape index (κ3) is 4.71. The molecule has 1 saturated carbocycles. The molecule has 0 spiro atoms. The van der Waals surface area contributed by atoms with Crippen LogP contribution in [-0.4, -0.2) is 29.9 Å². The van der Waals surface area contributed by atoms with Gasteiger partial charge >= 0.3 is 29.6 Å². The van der Waals surface area contributed by atoms with E-state index in [1.807, 2.05) is 35.2 Å². The first kappa shape index (κ1) is 19.2. The minimum absolute atomic E-state index is 0. The number of nitrogens with zero attached hydrogens (tertiary/aromatic N) is 1. The number of hydrogen-bond donors (Lipinski definition) is 0. The number of aliphatic carboxylic acids is 1. The molecule has 4 nitrogen and oxygen atoms in total. The monoisotopic (exact) mass is 335 g/mol. The number of carboxylic acid groups (broad SMARTS) is 1. The molecule has 1 aliphatic heterocycles. The van der Waals surface area contributed by atoms with Crippen LogP contribution in [0.3, 0.4) is 0 Å². The van der Waals surface area contributed by atoms with Gasteiger partial charge in [-0.15, -0.1) is 0 Å². The van der Waals surface area contributed by atoms with Crippen molar-refractivity contribution in [3.05, 3.63) is 41.5 Å². The van der Waals surface area contributed by atoms with Gasteiger partial charge in [-0.2, -0.15) is 0 Å². The topological polar surface area (TPSA) is 60.4 Å². The van der Waals surface area contributed by atoms with Crippen molar-refractivity contribution in [3.8, 4) is 0 Å². The molecule has 1 aromatic carbocycles.